The van der Waals surface area contributed by atoms with E-state index in [4.69, 9.17) is 5.73 Å². The number of benzene rings is 2. The van der Waals surface area contributed by atoms with Gasteiger partial charge in [0, 0.05) is 18.7 Å². The van der Waals surface area contributed by atoms with E-state index in [0.717, 1.165) is 10.8 Å². The maximum Gasteiger partial charge on any atom is 0.251 e. The number of nitrogens with one attached hydrogen (secondary N) is 1. The Bertz CT molecular complexity index is 503. The zero-order valence-corrected chi connectivity index (χ0v) is 8.94. The fraction of sp³-hybridized carbons (Fsp3) is 0.154. The molecule has 16 heavy (non-hydrogen) atoms. The van der Waals surface area contributed by atoms with Crippen LogP contribution in [0.4, 0.5) is 0 Å². The van der Waals surface area contributed by atoms with Crippen LogP contribution in [-0.2, 0) is 0 Å². The Morgan fingerprint density at radius 1 is 1.12 bits per heavy atom. The number of amides is 1. The summed E-state index contributed by atoms with van der Waals surface area (Å²) in [6.45, 7) is 0.957. The predicted molar refractivity (Wildman–Crippen MR) is 65.3 cm³/mol. The molecule has 0 aliphatic heterocycles. The summed E-state index contributed by atoms with van der Waals surface area (Å²) < 4.78 is 0. The fourth-order valence-electron chi connectivity index (χ4n) is 1.70. The van der Waals surface area contributed by atoms with Crippen LogP contribution in [0.25, 0.3) is 10.8 Å². The number of hydrogen-bond acceptors (Lipinski definition) is 2. The molecule has 0 spiro atoms. The van der Waals surface area contributed by atoms with Crippen molar-refractivity contribution in [1.82, 2.24) is 5.32 Å². The molecule has 0 saturated carbocycles. The fourth-order valence-corrected chi connectivity index (χ4v) is 1.70. The summed E-state index contributed by atoms with van der Waals surface area (Å²) in [5.41, 5.74) is 6.05. The van der Waals surface area contributed by atoms with Gasteiger partial charge in [-0.3, -0.25) is 4.79 Å². The third-order valence-electron chi connectivity index (χ3n) is 2.46. The van der Waals surface area contributed by atoms with Gasteiger partial charge in [-0.25, -0.2) is 0 Å². The molecule has 2 rings (SSSR count). The van der Waals surface area contributed by atoms with Crippen LogP contribution >= 0.6 is 0 Å². The highest BCUT2D eigenvalue weighted by atomic mass is 16.1. The molecule has 0 unspecified atom stereocenters. The van der Waals surface area contributed by atoms with E-state index >= 15 is 0 Å². The lowest BCUT2D eigenvalue weighted by atomic mass is 10.0. The molecular weight excluding hydrogens is 200 g/mol. The lowest BCUT2D eigenvalue weighted by molar-refractivity contribution is 0.0956. The van der Waals surface area contributed by atoms with Gasteiger partial charge in [-0.1, -0.05) is 36.4 Å². The summed E-state index contributed by atoms with van der Waals surface area (Å²) in [4.78, 5) is 11.9. The van der Waals surface area contributed by atoms with Crippen molar-refractivity contribution in [1.29, 1.82) is 0 Å². The van der Waals surface area contributed by atoms with Crippen LogP contribution in [0, 0.1) is 0 Å². The normalized spacial score (nSPS) is 10.3. The van der Waals surface area contributed by atoms with Crippen molar-refractivity contribution in [2.24, 2.45) is 5.73 Å². The predicted octanol–water partition coefficient (Wildman–Crippen LogP) is 1.53. The number of nitrogens with two attached hydrogens (primary N) is 1. The van der Waals surface area contributed by atoms with Crippen molar-refractivity contribution in [3.8, 4) is 0 Å². The van der Waals surface area contributed by atoms with Crippen molar-refractivity contribution in [3.05, 3.63) is 48.0 Å². The largest absolute Gasteiger partial charge is 0.351 e. The minimum absolute atomic E-state index is 0.0674. The van der Waals surface area contributed by atoms with E-state index in [0.29, 0.717) is 18.7 Å². The smallest absolute Gasteiger partial charge is 0.251 e. The number of hydrogen-bond donors (Lipinski definition) is 2. The van der Waals surface area contributed by atoms with Crippen LogP contribution in [0.15, 0.2) is 42.5 Å². The summed E-state index contributed by atoms with van der Waals surface area (Å²) >= 11 is 0. The highest BCUT2D eigenvalue weighted by molar-refractivity contribution is 6.06. The molecule has 2 aromatic rings. The first-order valence-corrected chi connectivity index (χ1v) is 5.29. The molecule has 0 radical (unpaired) electrons. The molecule has 0 fully saturated rings. The molecule has 3 N–H and O–H groups in total. The molecule has 0 saturated heterocycles. The first-order chi connectivity index (χ1) is 7.83. The number of fused-ring (bicyclic) bond motifs is 1. The van der Waals surface area contributed by atoms with Crippen LogP contribution in [0.2, 0.25) is 0 Å². The van der Waals surface area contributed by atoms with E-state index in [9.17, 15) is 4.79 Å². The molecule has 0 aliphatic carbocycles. The Labute approximate surface area is 94.3 Å². The molecule has 0 heterocycles. The van der Waals surface area contributed by atoms with Gasteiger partial charge in [0.15, 0.2) is 0 Å². The van der Waals surface area contributed by atoms with E-state index in [1.54, 1.807) is 0 Å². The van der Waals surface area contributed by atoms with Crippen molar-refractivity contribution in [3.63, 3.8) is 0 Å². The van der Waals surface area contributed by atoms with E-state index in [2.05, 4.69) is 5.32 Å². The van der Waals surface area contributed by atoms with Crippen molar-refractivity contribution < 1.29 is 4.79 Å². The van der Waals surface area contributed by atoms with E-state index in [-0.39, 0.29) is 5.91 Å². The van der Waals surface area contributed by atoms with Gasteiger partial charge in [-0.15, -0.1) is 0 Å². The summed E-state index contributed by atoms with van der Waals surface area (Å²) in [5.74, 6) is -0.0674. The third kappa shape index (κ3) is 2.04. The second-order valence-corrected chi connectivity index (χ2v) is 3.57. The molecule has 0 bridgehead atoms. The molecule has 0 aromatic heterocycles. The minimum Gasteiger partial charge on any atom is -0.351 e. The zero-order chi connectivity index (χ0) is 11.4. The summed E-state index contributed by atoms with van der Waals surface area (Å²) in [7, 11) is 0. The van der Waals surface area contributed by atoms with Crippen molar-refractivity contribution >= 4 is 16.7 Å². The lowest BCUT2D eigenvalue weighted by Gasteiger charge is -2.06. The standard InChI is InChI=1S/C13H14N2O/c14-8-9-15-13(16)12-7-3-5-10-4-1-2-6-11(10)12/h1-7H,8-9,14H2,(H,15,16). The molecule has 0 aliphatic rings. The Kier molecular flexibility index (Phi) is 3.17. The lowest BCUT2D eigenvalue weighted by Crippen LogP contribution is -2.29. The molecule has 3 nitrogen and oxygen atoms in total. The number of carbonyl (C=O) groups excluding carboxylic acids is 1. The first-order valence-electron chi connectivity index (χ1n) is 5.29. The average molecular weight is 214 g/mol. The summed E-state index contributed by atoms with van der Waals surface area (Å²) in [6.07, 6.45) is 0. The topological polar surface area (TPSA) is 55.1 Å². The van der Waals surface area contributed by atoms with Gasteiger partial charge in [0.1, 0.15) is 0 Å². The van der Waals surface area contributed by atoms with E-state index in [1.807, 2.05) is 42.5 Å². The summed E-state index contributed by atoms with van der Waals surface area (Å²) in [6, 6.07) is 13.6. The molecule has 0 atom stereocenters. The molecular formula is C13H14N2O. The maximum absolute atomic E-state index is 11.9. The van der Waals surface area contributed by atoms with Crippen LogP contribution in [0.3, 0.4) is 0 Å². The van der Waals surface area contributed by atoms with E-state index < -0.39 is 0 Å². The average Bonchev–Trinajstić information content (AvgIpc) is 2.35. The Hall–Kier alpha value is -1.87. The van der Waals surface area contributed by atoms with Gasteiger partial charge in [-0.2, -0.15) is 0 Å². The third-order valence-corrected chi connectivity index (χ3v) is 2.46. The highest BCUT2D eigenvalue weighted by Crippen LogP contribution is 2.18. The molecule has 3 heteroatoms. The van der Waals surface area contributed by atoms with Crippen LogP contribution < -0.4 is 11.1 Å². The Morgan fingerprint density at radius 3 is 2.69 bits per heavy atom. The second kappa shape index (κ2) is 4.77. The van der Waals surface area contributed by atoms with Gasteiger partial charge < -0.3 is 11.1 Å². The monoisotopic (exact) mass is 214 g/mol. The zero-order valence-electron chi connectivity index (χ0n) is 8.94. The van der Waals surface area contributed by atoms with Gasteiger partial charge in [0.05, 0.1) is 0 Å². The van der Waals surface area contributed by atoms with Gasteiger partial charge >= 0.3 is 0 Å². The first kappa shape index (κ1) is 10.6. The van der Waals surface area contributed by atoms with Crippen LogP contribution in [0.5, 0.6) is 0 Å². The maximum atomic E-state index is 11.9. The molecule has 82 valence electrons. The van der Waals surface area contributed by atoms with Crippen molar-refractivity contribution in [2.45, 2.75) is 0 Å². The van der Waals surface area contributed by atoms with E-state index in [1.165, 1.54) is 0 Å². The van der Waals surface area contributed by atoms with Gasteiger partial charge in [0.2, 0.25) is 0 Å². The van der Waals surface area contributed by atoms with Crippen LogP contribution in [0.1, 0.15) is 10.4 Å². The van der Waals surface area contributed by atoms with Gasteiger partial charge in [0.25, 0.3) is 5.91 Å². The molecule has 1 amide bonds. The number of carbonyl (C=O) groups is 1. The summed E-state index contributed by atoms with van der Waals surface area (Å²) in [5, 5.41) is 4.82. The number of rotatable bonds is 3. The SMILES string of the molecule is NCCNC(=O)c1cccc2ccccc12. The quantitative estimate of drug-likeness (QED) is 0.814. The van der Waals surface area contributed by atoms with Crippen molar-refractivity contribution in [2.75, 3.05) is 13.1 Å². The minimum atomic E-state index is -0.0674. The second-order valence-electron chi connectivity index (χ2n) is 3.57. The molecule has 2 aromatic carbocycles. The van der Waals surface area contributed by atoms with Crippen LogP contribution in [-0.4, -0.2) is 19.0 Å². The Balaban J connectivity index is 2.40. The Morgan fingerprint density at radius 2 is 1.88 bits per heavy atom. The van der Waals surface area contributed by atoms with Gasteiger partial charge in [-0.05, 0) is 16.8 Å². The highest BCUT2D eigenvalue weighted by Gasteiger charge is 2.07.